The minimum Gasteiger partial charge on any atom is -0.467 e. The summed E-state index contributed by atoms with van der Waals surface area (Å²) in [7, 11) is 1.32. The molecule has 0 aliphatic carbocycles. The molecule has 0 saturated carbocycles. The quantitative estimate of drug-likeness (QED) is 0.516. The summed E-state index contributed by atoms with van der Waals surface area (Å²) in [6, 6.07) is 3.08. The van der Waals surface area contributed by atoms with Crippen LogP contribution in [-0.4, -0.2) is 50.5 Å². The molecular formula is C18H25N5O3S. The lowest BCUT2D eigenvalue weighted by Gasteiger charge is -2.21. The third kappa shape index (κ3) is 5.29. The van der Waals surface area contributed by atoms with Crippen molar-refractivity contribution in [3.63, 3.8) is 0 Å². The Balaban J connectivity index is 2.05. The van der Waals surface area contributed by atoms with Gasteiger partial charge in [0.2, 0.25) is 5.91 Å². The van der Waals surface area contributed by atoms with Crippen LogP contribution in [0.1, 0.15) is 27.2 Å². The lowest BCUT2D eigenvalue weighted by Crippen LogP contribution is -2.46. The summed E-state index contributed by atoms with van der Waals surface area (Å²) in [4.78, 5) is 28.3. The van der Waals surface area contributed by atoms with Gasteiger partial charge in [-0.3, -0.25) is 9.78 Å². The van der Waals surface area contributed by atoms with Crippen molar-refractivity contribution in [3.05, 3.63) is 24.5 Å². The van der Waals surface area contributed by atoms with Gasteiger partial charge in [0.05, 0.1) is 12.9 Å². The number of pyridine rings is 1. The highest BCUT2D eigenvalue weighted by Gasteiger charge is 2.26. The van der Waals surface area contributed by atoms with Crippen LogP contribution in [0.3, 0.4) is 0 Å². The first-order valence-electron chi connectivity index (χ1n) is 8.85. The van der Waals surface area contributed by atoms with Crippen molar-refractivity contribution in [3.8, 4) is 11.4 Å². The molecule has 0 bridgehead atoms. The maximum atomic E-state index is 12.3. The van der Waals surface area contributed by atoms with Crippen molar-refractivity contribution in [2.24, 2.45) is 5.92 Å². The monoisotopic (exact) mass is 391 g/mol. The fourth-order valence-corrected chi connectivity index (χ4v) is 3.35. The molecule has 2 atom stereocenters. The Kier molecular flexibility index (Phi) is 7.78. The molecule has 2 heterocycles. The average molecular weight is 391 g/mol. The van der Waals surface area contributed by atoms with Gasteiger partial charge in [0.1, 0.15) is 6.04 Å². The summed E-state index contributed by atoms with van der Waals surface area (Å²) < 4.78 is 6.74. The summed E-state index contributed by atoms with van der Waals surface area (Å²) >= 11 is 1.29. The second kappa shape index (κ2) is 10.1. The van der Waals surface area contributed by atoms with Crippen LogP contribution < -0.4 is 5.32 Å². The highest BCUT2D eigenvalue weighted by atomic mass is 32.2. The van der Waals surface area contributed by atoms with Crippen molar-refractivity contribution in [2.75, 3.05) is 12.9 Å². The number of methoxy groups -OCH3 is 1. The first-order chi connectivity index (χ1) is 13.0. The molecule has 0 aromatic carbocycles. The molecule has 9 heteroatoms. The number of hydrogen-bond acceptors (Lipinski definition) is 7. The van der Waals surface area contributed by atoms with E-state index < -0.39 is 12.0 Å². The first-order valence-corrected chi connectivity index (χ1v) is 9.83. The van der Waals surface area contributed by atoms with Gasteiger partial charge < -0.3 is 14.6 Å². The van der Waals surface area contributed by atoms with Crippen LogP contribution in [0.25, 0.3) is 11.4 Å². The molecule has 2 aromatic rings. The van der Waals surface area contributed by atoms with E-state index in [1.54, 1.807) is 12.4 Å². The summed E-state index contributed by atoms with van der Waals surface area (Å²) in [6.45, 7) is 6.54. The Labute approximate surface area is 163 Å². The van der Waals surface area contributed by atoms with E-state index in [1.165, 1.54) is 18.9 Å². The molecule has 0 saturated heterocycles. The number of carbonyl (C=O) groups excluding carboxylic acids is 2. The van der Waals surface area contributed by atoms with Gasteiger partial charge in [0.15, 0.2) is 11.0 Å². The number of aromatic nitrogens is 4. The number of hydrogen-bond donors (Lipinski definition) is 1. The Morgan fingerprint density at radius 1 is 1.26 bits per heavy atom. The zero-order valence-corrected chi connectivity index (χ0v) is 16.8. The normalized spacial score (nSPS) is 13.0. The van der Waals surface area contributed by atoms with Crippen molar-refractivity contribution >= 4 is 23.6 Å². The van der Waals surface area contributed by atoms with E-state index in [2.05, 4.69) is 20.5 Å². The minimum absolute atomic E-state index is 0.0102. The number of esters is 1. The number of carbonyl (C=O) groups is 2. The largest absolute Gasteiger partial charge is 0.467 e. The Bertz CT molecular complexity index is 766. The highest BCUT2D eigenvalue weighted by molar-refractivity contribution is 7.99. The summed E-state index contributed by atoms with van der Waals surface area (Å²) in [5.41, 5.74) is 0.915. The van der Waals surface area contributed by atoms with E-state index >= 15 is 0 Å². The van der Waals surface area contributed by atoms with Crippen LogP contribution in [0.4, 0.5) is 0 Å². The van der Waals surface area contributed by atoms with Gasteiger partial charge >= 0.3 is 5.97 Å². The average Bonchev–Trinajstić information content (AvgIpc) is 3.12. The molecule has 0 radical (unpaired) electrons. The number of thioether (sulfide) groups is 1. The predicted molar refractivity (Wildman–Crippen MR) is 103 cm³/mol. The molecule has 2 unspecified atom stereocenters. The van der Waals surface area contributed by atoms with E-state index in [-0.39, 0.29) is 17.6 Å². The van der Waals surface area contributed by atoms with Crippen molar-refractivity contribution in [1.82, 2.24) is 25.1 Å². The molecule has 0 spiro atoms. The predicted octanol–water partition coefficient (Wildman–Crippen LogP) is 2.16. The Hall–Kier alpha value is -2.42. The van der Waals surface area contributed by atoms with Gasteiger partial charge in [-0.15, -0.1) is 10.2 Å². The molecule has 0 fully saturated rings. The van der Waals surface area contributed by atoms with Crippen LogP contribution in [-0.2, 0) is 20.9 Å². The lowest BCUT2D eigenvalue weighted by atomic mass is 9.99. The second-order valence-corrected chi connectivity index (χ2v) is 6.97. The summed E-state index contributed by atoms with van der Waals surface area (Å²) in [5.74, 6) is 0.184. The number of rotatable bonds is 9. The first kappa shape index (κ1) is 20.9. The number of amides is 1. The van der Waals surface area contributed by atoms with E-state index in [9.17, 15) is 9.59 Å². The van der Waals surface area contributed by atoms with Crippen LogP contribution in [0.5, 0.6) is 0 Å². The fourth-order valence-electron chi connectivity index (χ4n) is 2.54. The zero-order chi connectivity index (χ0) is 19.8. The standard InChI is InChI=1S/C18H25N5O3S/c1-5-12(3)15(17(25)26-4)20-14(24)11-27-18-22-21-16(23(18)6-2)13-7-9-19-10-8-13/h7-10,12,15H,5-6,11H2,1-4H3,(H,20,24). The zero-order valence-electron chi connectivity index (χ0n) is 16.0. The van der Waals surface area contributed by atoms with Crippen LogP contribution in [0, 0.1) is 5.92 Å². The third-order valence-corrected chi connectivity index (χ3v) is 5.26. The van der Waals surface area contributed by atoms with Gasteiger partial charge in [-0.05, 0) is 25.0 Å². The van der Waals surface area contributed by atoms with Crippen LogP contribution >= 0.6 is 11.8 Å². The van der Waals surface area contributed by atoms with Crippen LogP contribution in [0.2, 0.25) is 0 Å². The third-order valence-electron chi connectivity index (χ3n) is 4.29. The molecule has 0 aliphatic rings. The fraction of sp³-hybridized carbons (Fsp3) is 0.500. The SMILES string of the molecule is CCC(C)C(NC(=O)CSc1nnc(-c2ccncc2)n1CC)C(=O)OC. The van der Waals surface area contributed by atoms with E-state index in [1.807, 2.05) is 37.5 Å². The molecule has 2 rings (SSSR count). The van der Waals surface area contributed by atoms with E-state index in [0.29, 0.717) is 11.7 Å². The van der Waals surface area contributed by atoms with Crippen molar-refractivity contribution in [1.29, 1.82) is 0 Å². The minimum atomic E-state index is -0.649. The van der Waals surface area contributed by atoms with Crippen molar-refractivity contribution in [2.45, 2.75) is 44.9 Å². The van der Waals surface area contributed by atoms with Gasteiger partial charge in [0.25, 0.3) is 0 Å². The smallest absolute Gasteiger partial charge is 0.328 e. The van der Waals surface area contributed by atoms with Gasteiger partial charge in [-0.2, -0.15) is 0 Å². The Morgan fingerprint density at radius 3 is 2.56 bits per heavy atom. The molecular weight excluding hydrogens is 366 g/mol. The van der Waals surface area contributed by atoms with E-state index in [4.69, 9.17) is 4.74 Å². The number of nitrogens with one attached hydrogen (secondary N) is 1. The topological polar surface area (TPSA) is 99.0 Å². The molecule has 8 nitrogen and oxygen atoms in total. The Morgan fingerprint density at radius 2 is 1.96 bits per heavy atom. The lowest BCUT2D eigenvalue weighted by molar-refractivity contribution is -0.146. The molecule has 2 aromatic heterocycles. The van der Waals surface area contributed by atoms with Gasteiger partial charge in [0, 0.05) is 24.5 Å². The molecule has 27 heavy (non-hydrogen) atoms. The van der Waals surface area contributed by atoms with Crippen molar-refractivity contribution < 1.29 is 14.3 Å². The maximum absolute atomic E-state index is 12.3. The van der Waals surface area contributed by atoms with Gasteiger partial charge in [-0.25, -0.2) is 4.79 Å². The molecule has 146 valence electrons. The summed E-state index contributed by atoms with van der Waals surface area (Å²) in [5, 5.41) is 11.9. The highest BCUT2D eigenvalue weighted by Crippen LogP contribution is 2.23. The molecule has 1 N–H and O–H groups in total. The second-order valence-electron chi connectivity index (χ2n) is 6.03. The van der Waals surface area contributed by atoms with Gasteiger partial charge in [-0.1, -0.05) is 32.0 Å². The molecule has 1 amide bonds. The molecule has 0 aliphatic heterocycles. The van der Waals surface area contributed by atoms with Crippen LogP contribution in [0.15, 0.2) is 29.7 Å². The van der Waals surface area contributed by atoms with E-state index in [0.717, 1.165) is 17.8 Å². The maximum Gasteiger partial charge on any atom is 0.328 e. The number of nitrogens with zero attached hydrogens (tertiary/aromatic N) is 4. The summed E-state index contributed by atoms with van der Waals surface area (Å²) in [6.07, 6.45) is 4.16. The number of ether oxygens (including phenoxy) is 1.